The van der Waals surface area contributed by atoms with Crippen molar-refractivity contribution in [3.05, 3.63) is 34.3 Å². The van der Waals surface area contributed by atoms with Gasteiger partial charge >= 0.3 is 0 Å². The zero-order valence-corrected chi connectivity index (χ0v) is 12.6. The Hall–Kier alpha value is -0.570. The number of aliphatic hydroxyl groups is 1. The SMILES string of the molecule is Cc1ccc(C(O)C2(CN)CCCC(C)C2)cc1Cl. The molecular weight excluding hydrogens is 258 g/mol. The normalized spacial score (nSPS) is 29.2. The van der Waals surface area contributed by atoms with Gasteiger partial charge in [-0.1, -0.05) is 43.5 Å². The van der Waals surface area contributed by atoms with Gasteiger partial charge in [-0.2, -0.15) is 0 Å². The van der Waals surface area contributed by atoms with Crippen LogP contribution >= 0.6 is 11.6 Å². The van der Waals surface area contributed by atoms with Crippen molar-refractivity contribution in [2.24, 2.45) is 17.1 Å². The molecule has 0 bridgehead atoms. The van der Waals surface area contributed by atoms with Crippen LogP contribution in [0.15, 0.2) is 18.2 Å². The highest BCUT2D eigenvalue weighted by Gasteiger charge is 2.40. The fraction of sp³-hybridized carbons (Fsp3) is 0.625. The Kier molecular flexibility index (Phi) is 4.54. The molecule has 3 unspecified atom stereocenters. The number of rotatable bonds is 3. The molecule has 3 N–H and O–H groups in total. The van der Waals surface area contributed by atoms with Crippen LogP contribution in [-0.4, -0.2) is 11.7 Å². The molecule has 0 radical (unpaired) electrons. The van der Waals surface area contributed by atoms with Gasteiger partial charge in [-0.3, -0.25) is 0 Å². The van der Waals surface area contributed by atoms with E-state index in [0.29, 0.717) is 17.5 Å². The van der Waals surface area contributed by atoms with Crippen molar-refractivity contribution in [1.29, 1.82) is 0 Å². The van der Waals surface area contributed by atoms with Gasteiger partial charge in [0.25, 0.3) is 0 Å². The monoisotopic (exact) mass is 281 g/mol. The zero-order chi connectivity index (χ0) is 14.0. The van der Waals surface area contributed by atoms with Gasteiger partial charge in [0.05, 0.1) is 6.10 Å². The fourth-order valence-electron chi connectivity index (χ4n) is 3.38. The quantitative estimate of drug-likeness (QED) is 0.884. The van der Waals surface area contributed by atoms with Gasteiger partial charge in [0.1, 0.15) is 0 Å². The molecule has 19 heavy (non-hydrogen) atoms. The first-order valence-electron chi connectivity index (χ1n) is 7.13. The van der Waals surface area contributed by atoms with E-state index in [1.165, 1.54) is 6.42 Å². The number of benzene rings is 1. The molecule has 3 atom stereocenters. The number of nitrogens with two attached hydrogens (primary N) is 1. The van der Waals surface area contributed by atoms with Crippen molar-refractivity contribution in [2.75, 3.05) is 6.54 Å². The summed E-state index contributed by atoms with van der Waals surface area (Å²) in [7, 11) is 0. The van der Waals surface area contributed by atoms with Crippen molar-refractivity contribution < 1.29 is 5.11 Å². The second-order valence-electron chi connectivity index (χ2n) is 6.18. The highest BCUT2D eigenvalue weighted by Crippen LogP contribution is 2.47. The molecule has 1 aliphatic carbocycles. The van der Waals surface area contributed by atoms with Crippen LogP contribution in [0.3, 0.4) is 0 Å². The molecule has 0 heterocycles. The lowest BCUT2D eigenvalue weighted by atomic mass is 9.65. The molecule has 0 amide bonds. The van der Waals surface area contributed by atoms with Crippen molar-refractivity contribution in [3.63, 3.8) is 0 Å². The summed E-state index contributed by atoms with van der Waals surface area (Å²) in [5, 5.41) is 11.5. The van der Waals surface area contributed by atoms with Crippen molar-refractivity contribution >= 4 is 11.6 Å². The summed E-state index contributed by atoms with van der Waals surface area (Å²) in [4.78, 5) is 0. The highest BCUT2D eigenvalue weighted by molar-refractivity contribution is 6.31. The van der Waals surface area contributed by atoms with E-state index >= 15 is 0 Å². The van der Waals surface area contributed by atoms with Crippen LogP contribution < -0.4 is 5.73 Å². The Balaban J connectivity index is 2.29. The van der Waals surface area contributed by atoms with E-state index in [9.17, 15) is 5.11 Å². The largest absolute Gasteiger partial charge is 0.388 e. The summed E-state index contributed by atoms with van der Waals surface area (Å²) in [5.41, 5.74) is 7.77. The minimum absolute atomic E-state index is 0.184. The fourth-order valence-corrected chi connectivity index (χ4v) is 3.57. The highest BCUT2D eigenvalue weighted by atomic mass is 35.5. The maximum Gasteiger partial charge on any atom is 0.0858 e. The van der Waals surface area contributed by atoms with Gasteiger partial charge in [-0.15, -0.1) is 0 Å². The van der Waals surface area contributed by atoms with Gasteiger partial charge in [0.15, 0.2) is 0 Å². The third kappa shape index (κ3) is 2.96. The van der Waals surface area contributed by atoms with E-state index in [-0.39, 0.29) is 5.41 Å². The smallest absolute Gasteiger partial charge is 0.0858 e. The first-order chi connectivity index (χ1) is 8.98. The number of aryl methyl sites for hydroxylation is 1. The minimum Gasteiger partial charge on any atom is -0.388 e. The molecule has 2 rings (SSSR count). The Bertz CT molecular complexity index is 448. The first-order valence-corrected chi connectivity index (χ1v) is 7.50. The Labute approximate surface area is 121 Å². The molecule has 0 spiro atoms. The Morgan fingerprint density at radius 2 is 2.26 bits per heavy atom. The molecule has 0 saturated heterocycles. The first kappa shape index (κ1) is 14.8. The second-order valence-corrected chi connectivity index (χ2v) is 6.59. The third-order valence-electron chi connectivity index (χ3n) is 4.62. The minimum atomic E-state index is -0.515. The van der Waals surface area contributed by atoms with Gasteiger partial charge in [-0.25, -0.2) is 0 Å². The summed E-state index contributed by atoms with van der Waals surface area (Å²) < 4.78 is 0. The molecule has 1 saturated carbocycles. The lowest BCUT2D eigenvalue weighted by Gasteiger charge is -2.43. The predicted octanol–water partition coefficient (Wildman–Crippen LogP) is 3.84. The molecule has 0 aromatic heterocycles. The molecule has 106 valence electrons. The molecule has 1 aromatic rings. The maximum atomic E-state index is 10.8. The molecular formula is C16H24ClNO. The van der Waals surface area contributed by atoms with Crippen LogP contribution in [0.4, 0.5) is 0 Å². The topological polar surface area (TPSA) is 46.2 Å². The van der Waals surface area contributed by atoms with E-state index in [4.69, 9.17) is 17.3 Å². The van der Waals surface area contributed by atoms with E-state index in [1.54, 1.807) is 0 Å². The molecule has 3 heteroatoms. The van der Waals surface area contributed by atoms with Gasteiger partial charge in [0, 0.05) is 17.0 Å². The van der Waals surface area contributed by atoms with Crippen LogP contribution in [0, 0.1) is 18.3 Å². The second kappa shape index (κ2) is 5.82. The van der Waals surface area contributed by atoms with Gasteiger partial charge < -0.3 is 10.8 Å². The summed E-state index contributed by atoms with van der Waals surface area (Å²) in [6.07, 6.45) is 3.87. The van der Waals surface area contributed by atoms with Gasteiger partial charge in [0.2, 0.25) is 0 Å². The zero-order valence-electron chi connectivity index (χ0n) is 11.8. The average Bonchev–Trinajstić information content (AvgIpc) is 2.41. The third-order valence-corrected chi connectivity index (χ3v) is 5.03. The predicted molar refractivity (Wildman–Crippen MR) is 80.3 cm³/mol. The Morgan fingerprint density at radius 3 is 2.84 bits per heavy atom. The van der Waals surface area contributed by atoms with Crippen molar-refractivity contribution in [3.8, 4) is 0 Å². The lowest BCUT2D eigenvalue weighted by Crippen LogP contribution is -2.40. The summed E-state index contributed by atoms with van der Waals surface area (Å²) >= 11 is 6.17. The lowest BCUT2D eigenvalue weighted by molar-refractivity contribution is -0.0130. The molecule has 0 aliphatic heterocycles. The maximum absolute atomic E-state index is 10.8. The van der Waals surface area contributed by atoms with Crippen LogP contribution in [-0.2, 0) is 0 Å². The summed E-state index contributed by atoms with van der Waals surface area (Å²) in [6, 6.07) is 5.83. The van der Waals surface area contributed by atoms with Crippen LogP contribution in [0.5, 0.6) is 0 Å². The number of aliphatic hydroxyl groups excluding tert-OH is 1. The standard InChI is InChI=1S/C16H24ClNO/c1-11-4-3-7-16(9-11,10-18)15(19)13-6-5-12(2)14(17)8-13/h5-6,8,11,15,19H,3-4,7,9-10,18H2,1-2H3. The van der Waals surface area contributed by atoms with E-state index < -0.39 is 6.10 Å². The van der Waals surface area contributed by atoms with E-state index in [1.807, 2.05) is 25.1 Å². The van der Waals surface area contributed by atoms with Crippen LogP contribution in [0.1, 0.15) is 49.8 Å². The van der Waals surface area contributed by atoms with Crippen molar-refractivity contribution in [2.45, 2.75) is 45.6 Å². The molecule has 1 fully saturated rings. The van der Waals surface area contributed by atoms with Gasteiger partial charge in [-0.05, 0) is 42.9 Å². The number of hydrogen-bond donors (Lipinski definition) is 2. The molecule has 1 aromatic carbocycles. The summed E-state index contributed by atoms with van der Waals surface area (Å²) in [6.45, 7) is 4.75. The molecule has 2 nitrogen and oxygen atoms in total. The van der Waals surface area contributed by atoms with Crippen LogP contribution in [0.25, 0.3) is 0 Å². The van der Waals surface area contributed by atoms with Crippen molar-refractivity contribution in [1.82, 2.24) is 0 Å². The number of hydrogen-bond acceptors (Lipinski definition) is 2. The summed E-state index contributed by atoms with van der Waals surface area (Å²) in [5.74, 6) is 0.632. The van der Waals surface area contributed by atoms with Crippen LogP contribution in [0.2, 0.25) is 5.02 Å². The molecule has 1 aliphatic rings. The van der Waals surface area contributed by atoms with E-state index in [2.05, 4.69) is 6.92 Å². The number of halogens is 1. The average molecular weight is 282 g/mol. The van der Waals surface area contributed by atoms with E-state index in [0.717, 1.165) is 30.4 Å². The Morgan fingerprint density at radius 1 is 1.53 bits per heavy atom.